The number of hydrogen-bond acceptors (Lipinski definition) is 6. The second-order valence-corrected chi connectivity index (χ2v) is 10.1. The highest BCUT2D eigenvalue weighted by Crippen LogP contribution is 2.39. The number of ether oxygens (including phenoxy) is 2. The van der Waals surface area contributed by atoms with Crippen molar-refractivity contribution >= 4 is 22.7 Å². The summed E-state index contributed by atoms with van der Waals surface area (Å²) in [6.07, 6.45) is 0. The van der Waals surface area contributed by atoms with Crippen LogP contribution in [0.15, 0.2) is 101 Å². The topological polar surface area (TPSA) is 93.7 Å². The number of quaternary nitrogens is 1. The Hall–Kier alpha value is -4.40. The second kappa shape index (κ2) is 11.4. The van der Waals surface area contributed by atoms with E-state index in [0.717, 1.165) is 24.0 Å². The van der Waals surface area contributed by atoms with Gasteiger partial charge >= 0.3 is 0 Å². The predicted octanol–water partition coefficient (Wildman–Crippen LogP) is 3.51. The first-order valence-corrected chi connectivity index (χ1v) is 13.5. The number of para-hydroxylation sites is 1. The second-order valence-electron chi connectivity index (χ2n) is 10.1. The Morgan fingerprint density at radius 2 is 1.70 bits per heavy atom. The minimum atomic E-state index is -0.753. The Morgan fingerprint density at radius 1 is 0.975 bits per heavy atom. The number of aliphatic hydroxyl groups is 1. The summed E-state index contributed by atoms with van der Waals surface area (Å²) in [6.45, 7) is 4.55. The molecule has 1 atom stereocenters. The maximum atomic E-state index is 13.8. The molecule has 0 bridgehead atoms. The molecule has 3 aromatic carbocycles. The van der Waals surface area contributed by atoms with Crippen molar-refractivity contribution in [2.75, 3.05) is 39.4 Å². The maximum absolute atomic E-state index is 13.8. The number of ketones is 1. The van der Waals surface area contributed by atoms with Crippen molar-refractivity contribution in [3.8, 4) is 5.75 Å². The number of carbonyl (C=O) groups is 2. The zero-order valence-corrected chi connectivity index (χ0v) is 22.0. The summed E-state index contributed by atoms with van der Waals surface area (Å²) in [5.41, 5.74) is 2.36. The van der Waals surface area contributed by atoms with Crippen LogP contribution < -0.4 is 9.64 Å². The van der Waals surface area contributed by atoms with Crippen molar-refractivity contribution in [1.29, 1.82) is 0 Å². The summed E-state index contributed by atoms with van der Waals surface area (Å²) < 4.78 is 17.2. The molecule has 0 spiro atoms. The van der Waals surface area contributed by atoms with Crippen LogP contribution in [0, 0.1) is 0 Å². The van der Waals surface area contributed by atoms with E-state index in [9.17, 15) is 14.7 Å². The molecule has 6 rings (SSSR count). The van der Waals surface area contributed by atoms with Crippen molar-refractivity contribution in [3.63, 3.8) is 0 Å². The molecule has 204 valence electrons. The smallest absolute Gasteiger partial charge is 0.290 e. The minimum absolute atomic E-state index is 0.0268. The lowest BCUT2D eigenvalue weighted by molar-refractivity contribution is -0.907. The van der Waals surface area contributed by atoms with Gasteiger partial charge in [0.05, 0.1) is 37.9 Å². The highest BCUT2D eigenvalue weighted by molar-refractivity contribution is 6.16. The Labute approximate surface area is 232 Å². The molecule has 1 fully saturated rings. The largest absolute Gasteiger partial charge is 0.503 e. The molecule has 0 aliphatic carbocycles. The third-order valence-corrected chi connectivity index (χ3v) is 7.55. The molecule has 8 nitrogen and oxygen atoms in total. The number of aliphatic hydroxyl groups excluding tert-OH is 1. The van der Waals surface area contributed by atoms with Crippen molar-refractivity contribution in [1.82, 2.24) is 4.90 Å². The standard InChI is InChI=1S/C32H30N2O6/c35-30(27-20-24-8-4-5-9-26(24)40-27)28-29(34(32(37)31(28)36)15-14-33-16-18-38-19-17-33)23-10-12-25(13-11-23)39-21-22-6-2-1-3-7-22/h1-13,20,29,36H,14-19,21H2/p+1/t29-/m1/s1. The molecule has 8 heteroatoms. The van der Waals surface area contributed by atoms with Crippen LogP contribution in [-0.4, -0.2) is 61.1 Å². The SMILES string of the molecule is O=C(C1=C(O)C(=O)N(CC[NH+]2CCOCC2)[C@@H]1c1ccc(OCc2ccccc2)cc1)c1cc2ccccc2o1. The van der Waals surface area contributed by atoms with Gasteiger partial charge in [0.2, 0.25) is 5.78 Å². The Bertz CT molecular complexity index is 1500. The lowest BCUT2D eigenvalue weighted by Crippen LogP contribution is -3.14. The summed E-state index contributed by atoms with van der Waals surface area (Å²) in [4.78, 5) is 30.1. The van der Waals surface area contributed by atoms with Crippen LogP contribution in [0.2, 0.25) is 0 Å². The first-order valence-electron chi connectivity index (χ1n) is 13.5. The van der Waals surface area contributed by atoms with Gasteiger partial charge in [0.25, 0.3) is 5.91 Å². The van der Waals surface area contributed by atoms with E-state index in [4.69, 9.17) is 13.9 Å². The van der Waals surface area contributed by atoms with E-state index in [1.165, 1.54) is 4.90 Å². The van der Waals surface area contributed by atoms with Crippen LogP contribution in [0.25, 0.3) is 11.0 Å². The van der Waals surface area contributed by atoms with Crippen molar-refractivity contribution < 1.29 is 33.5 Å². The molecule has 2 N–H and O–H groups in total. The molecule has 3 heterocycles. The van der Waals surface area contributed by atoms with Crippen LogP contribution in [0.4, 0.5) is 0 Å². The summed E-state index contributed by atoms with van der Waals surface area (Å²) in [7, 11) is 0. The molecule has 1 amide bonds. The van der Waals surface area contributed by atoms with Crippen molar-refractivity contribution in [2.24, 2.45) is 0 Å². The van der Waals surface area contributed by atoms with Gasteiger partial charge < -0.3 is 28.8 Å². The van der Waals surface area contributed by atoms with Gasteiger partial charge in [-0.05, 0) is 35.4 Å². The van der Waals surface area contributed by atoms with E-state index in [0.29, 0.717) is 49.8 Å². The van der Waals surface area contributed by atoms with Gasteiger partial charge in [0.15, 0.2) is 11.5 Å². The number of nitrogens with zero attached hydrogens (tertiary/aromatic N) is 1. The predicted molar refractivity (Wildman–Crippen MR) is 148 cm³/mol. The lowest BCUT2D eigenvalue weighted by atomic mass is 9.95. The molecule has 2 aliphatic heterocycles. The third-order valence-electron chi connectivity index (χ3n) is 7.55. The Kier molecular flexibility index (Phi) is 7.35. The average Bonchev–Trinajstić information content (AvgIpc) is 3.55. The number of hydrogen-bond donors (Lipinski definition) is 2. The van der Waals surface area contributed by atoms with E-state index < -0.39 is 23.5 Å². The van der Waals surface area contributed by atoms with E-state index in [1.54, 1.807) is 17.0 Å². The molecule has 1 aromatic heterocycles. The fourth-order valence-corrected chi connectivity index (χ4v) is 5.37. The van der Waals surface area contributed by atoms with Gasteiger partial charge in [-0.3, -0.25) is 9.59 Å². The fourth-order valence-electron chi connectivity index (χ4n) is 5.37. The van der Waals surface area contributed by atoms with E-state index in [2.05, 4.69) is 0 Å². The van der Waals surface area contributed by atoms with E-state index >= 15 is 0 Å². The van der Waals surface area contributed by atoms with Gasteiger partial charge in [-0.1, -0.05) is 60.7 Å². The van der Waals surface area contributed by atoms with Gasteiger partial charge in [-0.25, -0.2) is 0 Å². The highest BCUT2D eigenvalue weighted by Gasteiger charge is 2.44. The summed E-state index contributed by atoms with van der Waals surface area (Å²) in [5.74, 6) is -0.834. The Morgan fingerprint density at radius 3 is 2.45 bits per heavy atom. The number of rotatable bonds is 9. The first-order chi connectivity index (χ1) is 19.6. The summed E-state index contributed by atoms with van der Waals surface area (Å²) in [6, 6.07) is 25.4. The molecule has 2 aliphatic rings. The van der Waals surface area contributed by atoms with Crippen molar-refractivity contribution in [3.05, 3.63) is 113 Å². The van der Waals surface area contributed by atoms with E-state index in [-0.39, 0.29) is 11.3 Å². The Balaban J connectivity index is 1.29. The fraction of sp³-hybridized carbons (Fsp3) is 0.250. The summed E-state index contributed by atoms with van der Waals surface area (Å²) >= 11 is 0. The number of Topliss-reactive ketones (excluding diaryl/α,β-unsaturated/α-hetero) is 1. The van der Waals surface area contributed by atoms with Crippen LogP contribution in [0.3, 0.4) is 0 Å². The van der Waals surface area contributed by atoms with E-state index in [1.807, 2.05) is 72.8 Å². The number of fused-ring (bicyclic) bond motifs is 1. The van der Waals surface area contributed by atoms with Gasteiger partial charge in [0.1, 0.15) is 31.0 Å². The molecule has 4 aromatic rings. The molecular weight excluding hydrogens is 508 g/mol. The highest BCUT2D eigenvalue weighted by atomic mass is 16.5. The average molecular weight is 540 g/mol. The number of nitrogens with one attached hydrogen (secondary N) is 1. The monoisotopic (exact) mass is 539 g/mol. The number of morpholine rings is 1. The molecular formula is C32H31N2O6+. The molecule has 0 saturated carbocycles. The zero-order chi connectivity index (χ0) is 27.5. The number of furan rings is 1. The minimum Gasteiger partial charge on any atom is -0.503 e. The van der Waals surface area contributed by atoms with Crippen LogP contribution >= 0.6 is 0 Å². The summed E-state index contributed by atoms with van der Waals surface area (Å²) in [5, 5.41) is 11.8. The van der Waals surface area contributed by atoms with Gasteiger partial charge in [0, 0.05) is 5.39 Å². The van der Waals surface area contributed by atoms with Crippen molar-refractivity contribution in [2.45, 2.75) is 12.6 Å². The quantitative estimate of drug-likeness (QED) is 0.316. The molecule has 0 unspecified atom stereocenters. The zero-order valence-electron chi connectivity index (χ0n) is 22.0. The number of amides is 1. The maximum Gasteiger partial charge on any atom is 0.290 e. The number of benzene rings is 3. The molecule has 1 saturated heterocycles. The lowest BCUT2D eigenvalue weighted by Gasteiger charge is -2.30. The normalized spacial score (nSPS) is 18.1. The molecule has 0 radical (unpaired) electrons. The molecule has 40 heavy (non-hydrogen) atoms. The van der Waals surface area contributed by atoms with Gasteiger partial charge in [-0.15, -0.1) is 0 Å². The first kappa shape index (κ1) is 25.9. The van der Waals surface area contributed by atoms with Gasteiger partial charge in [-0.2, -0.15) is 0 Å². The third kappa shape index (κ3) is 5.23. The van der Waals surface area contributed by atoms with Crippen LogP contribution in [-0.2, 0) is 16.1 Å². The van der Waals surface area contributed by atoms with Crippen LogP contribution in [0.5, 0.6) is 5.75 Å². The number of carbonyl (C=O) groups excluding carboxylic acids is 2. The van der Waals surface area contributed by atoms with Crippen LogP contribution in [0.1, 0.15) is 27.7 Å².